The predicted octanol–water partition coefficient (Wildman–Crippen LogP) is 24.7. The Morgan fingerprint density at radius 3 is 0.753 bits per heavy atom. The van der Waals surface area contributed by atoms with E-state index in [1.807, 2.05) is 0 Å². The van der Waals surface area contributed by atoms with Gasteiger partial charge in [0.05, 0.1) is 0 Å². The minimum Gasteiger partial charge on any atom is -0.462 e. The van der Waals surface area contributed by atoms with Gasteiger partial charge in [-0.15, -0.1) is 0 Å². The van der Waals surface area contributed by atoms with Gasteiger partial charge in [0.2, 0.25) is 0 Å². The van der Waals surface area contributed by atoms with Gasteiger partial charge < -0.3 is 14.2 Å². The zero-order chi connectivity index (χ0) is 58.5. The first-order valence-electron chi connectivity index (χ1n) is 35.8. The molecule has 0 aromatic heterocycles. The highest BCUT2D eigenvalue weighted by Crippen LogP contribution is 2.19. The average molecular weight is 1130 g/mol. The number of hydrogen-bond donors (Lipinski definition) is 0. The number of carbonyl (C=O) groups excluding carboxylic acids is 3. The molecular formula is C75H136O6. The van der Waals surface area contributed by atoms with E-state index in [-0.39, 0.29) is 31.1 Å². The molecule has 6 nitrogen and oxygen atoms in total. The van der Waals surface area contributed by atoms with Crippen LogP contribution in [-0.2, 0) is 28.6 Å². The van der Waals surface area contributed by atoms with Crippen molar-refractivity contribution < 1.29 is 28.6 Å². The molecular weight excluding hydrogens is 997 g/mol. The Hall–Kier alpha value is -2.89. The van der Waals surface area contributed by atoms with Gasteiger partial charge in [-0.05, 0) is 64.2 Å². The van der Waals surface area contributed by atoms with Crippen molar-refractivity contribution in [2.45, 2.75) is 386 Å². The topological polar surface area (TPSA) is 78.9 Å². The molecule has 472 valence electrons. The van der Waals surface area contributed by atoms with E-state index < -0.39 is 6.10 Å². The van der Waals surface area contributed by atoms with Crippen LogP contribution < -0.4 is 0 Å². The highest BCUT2D eigenvalue weighted by Gasteiger charge is 2.19. The molecule has 0 rings (SSSR count). The maximum absolute atomic E-state index is 12.9. The summed E-state index contributed by atoms with van der Waals surface area (Å²) in [6.07, 6.45) is 90.3. The van der Waals surface area contributed by atoms with Crippen LogP contribution in [0.2, 0.25) is 0 Å². The quantitative estimate of drug-likeness (QED) is 0.0261. The second-order valence-electron chi connectivity index (χ2n) is 24.1. The minimum atomic E-state index is -0.777. The Balaban J connectivity index is 3.95. The average Bonchev–Trinajstić information content (AvgIpc) is 3.47. The van der Waals surface area contributed by atoms with Crippen LogP contribution in [-0.4, -0.2) is 37.2 Å². The van der Waals surface area contributed by atoms with Crippen molar-refractivity contribution >= 4 is 17.9 Å². The molecule has 1 unspecified atom stereocenters. The van der Waals surface area contributed by atoms with Crippen molar-refractivity contribution in [2.24, 2.45) is 0 Å². The Morgan fingerprint density at radius 2 is 0.481 bits per heavy atom. The number of rotatable bonds is 66. The maximum atomic E-state index is 12.9. The summed E-state index contributed by atoms with van der Waals surface area (Å²) >= 11 is 0. The summed E-state index contributed by atoms with van der Waals surface area (Å²) in [6, 6.07) is 0. The summed E-state index contributed by atoms with van der Waals surface area (Å²) in [5.41, 5.74) is 0. The van der Waals surface area contributed by atoms with E-state index in [1.165, 1.54) is 244 Å². The van der Waals surface area contributed by atoms with Gasteiger partial charge in [-0.2, -0.15) is 0 Å². The van der Waals surface area contributed by atoms with E-state index in [2.05, 4.69) is 81.5 Å². The van der Waals surface area contributed by atoms with Crippen molar-refractivity contribution in [3.63, 3.8) is 0 Å². The second-order valence-corrected chi connectivity index (χ2v) is 24.1. The predicted molar refractivity (Wildman–Crippen MR) is 353 cm³/mol. The number of allylic oxidation sites excluding steroid dienone is 10. The summed E-state index contributed by atoms with van der Waals surface area (Å²) in [7, 11) is 0. The second kappa shape index (κ2) is 69.6. The van der Waals surface area contributed by atoms with Crippen molar-refractivity contribution in [1.82, 2.24) is 0 Å². The summed E-state index contributed by atoms with van der Waals surface area (Å²) in [5.74, 6) is -0.878. The van der Waals surface area contributed by atoms with Gasteiger partial charge in [0.15, 0.2) is 6.10 Å². The number of unbranched alkanes of at least 4 members (excludes halogenated alkanes) is 45. The van der Waals surface area contributed by atoms with Crippen LogP contribution in [0.1, 0.15) is 380 Å². The normalized spacial score (nSPS) is 12.4. The summed E-state index contributed by atoms with van der Waals surface area (Å²) in [4.78, 5) is 38.1. The Kier molecular flexibility index (Phi) is 67.1. The minimum absolute atomic E-state index is 0.0752. The van der Waals surface area contributed by atoms with Crippen molar-refractivity contribution in [1.29, 1.82) is 0 Å². The fraction of sp³-hybridized carbons (Fsp3) is 0.827. The van der Waals surface area contributed by atoms with Gasteiger partial charge in [0, 0.05) is 19.3 Å². The third kappa shape index (κ3) is 67.8. The third-order valence-corrected chi connectivity index (χ3v) is 16.0. The summed E-state index contributed by atoms with van der Waals surface area (Å²) in [5, 5.41) is 0. The largest absolute Gasteiger partial charge is 0.462 e. The zero-order valence-electron chi connectivity index (χ0n) is 54.3. The molecule has 6 heteroatoms. The molecule has 0 heterocycles. The van der Waals surface area contributed by atoms with Gasteiger partial charge in [-0.1, -0.05) is 358 Å². The van der Waals surface area contributed by atoms with E-state index in [0.29, 0.717) is 19.3 Å². The highest BCUT2D eigenvalue weighted by molar-refractivity contribution is 5.71. The Morgan fingerprint density at radius 1 is 0.259 bits per heavy atom. The van der Waals surface area contributed by atoms with Gasteiger partial charge in [-0.25, -0.2) is 0 Å². The number of ether oxygens (including phenoxy) is 3. The van der Waals surface area contributed by atoms with Gasteiger partial charge in [0.25, 0.3) is 0 Å². The van der Waals surface area contributed by atoms with E-state index in [1.54, 1.807) is 0 Å². The molecule has 0 radical (unpaired) electrons. The van der Waals surface area contributed by atoms with Crippen LogP contribution in [0.4, 0.5) is 0 Å². The fourth-order valence-corrected chi connectivity index (χ4v) is 10.7. The molecule has 0 aromatic carbocycles. The number of hydrogen-bond acceptors (Lipinski definition) is 6. The number of esters is 3. The molecule has 0 spiro atoms. The Bertz CT molecular complexity index is 1440. The molecule has 0 aliphatic heterocycles. The standard InChI is InChI=1S/C75H136O6/c1-4-7-10-13-16-18-20-22-24-26-28-30-32-33-34-35-36-37-38-39-40-41-42-44-45-47-49-51-53-55-57-59-62-65-68-74(77)80-71-72(70-79-73(76)67-64-61-15-12-9-6-3)81-75(78)69-66-63-60-58-56-54-52-50-48-46-43-31-29-27-25-23-21-19-17-14-11-8-5-2/h8,11,17,19,23,25,29,31,46,48,72H,4-7,9-10,12-16,18,20-22,24,26-28,30,32-45,47,49-71H2,1-3H3/b11-8-,19-17-,25-23-,31-29-,48-46-. The van der Waals surface area contributed by atoms with Crippen LogP contribution in [0.5, 0.6) is 0 Å². The van der Waals surface area contributed by atoms with Crippen molar-refractivity contribution in [3.8, 4) is 0 Å². The van der Waals surface area contributed by atoms with Crippen LogP contribution in [0.25, 0.3) is 0 Å². The van der Waals surface area contributed by atoms with E-state index in [0.717, 1.165) is 96.3 Å². The van der Waals surface area contributed by atoms with Crippen LogP contribution in [0.15, 0.2) is 60.8 Å². The lowest BCUT2D eigenvalue weighted by atomic mass is 10.0. The monoisotopic (exact) mass is 1130 g/mol. The van der Waals surface area contributed by atoms with Crippen molar-refractivity contribution in [2.75, 3.05) is 13.2 Å². The molecule has 1 atom stereocenters. The van der Waals surface area contributed by atoms with Crippen LogP contribution >= 0.6 is 0 Å². The molecule has 0 N–H and O–H groups in total. The van der Waals surface area contributed by atoms with Gasteiger partial charge in [-0.3, -0.25) is 14.4 Å². The zero-order valence-corrected chi connectivity index (χ0v) is 54.3. The van der Waals surface area contributed by atoms with Crippen LogP contribution in [0.3, 0.4) is 0 Å². The van der Waals surface area contributed by atoms with Gasteiger partial charge in [0.1, 0.15) is 13.2 Å². The highest BCUT2D eigenvalue weighted by atomic mass is 16.6. The van der Waals surface area contributed by atoms with E-state index in [4.69, 9.17) is 14.2 Å². The first kappa shape index (κ1) is 78.1. The molecule has 0 aromatic rings. The molecule has 0 amide bonds. The molecule has 0 fully saturated rings. The molecule has 0 bridgehead atoms. The number of carbonyl (C=O) groups is 3. The lowest BCUT2D eigenvalue weighted by Gasteiger charge is -2.18. The molecule has 81 heavy (non-hydrogen) atoms. The fourth-order valence-electron chi connectivity index (χ4n) is 10.7. The lowest BCUT2D eigenvalue weighted by Crippen LogP contribution is -2.30. The molecule has 0 aliphatic carbocycles. The smallest absolute Gasteiger partial charge is 0.306 e. The third-order valence-electron chi connectivity index (χ3n) is 16.0. The van der Waals surface area contributed by atoms with E-state index in [9.17, 15) is 14.4 Å². The molecule has 0 saturated heterocycles. The maximum Gasteiger partial charge on any atom is 0.306 e. The lowest BCUT2D eigenvalue weighted by molar-refractivity contribution is -0.167. The first-order chi connectivity index (χ1) is 40.0. The molecule has 0 saturated carbocycles. The summed E-state index contributed by atoms with van der Waals surface area (Å²) < 4.78 is 16.8. The first-order valence-corrected chi connectivity index (χ1v) is 35.8. The van der Waals surface area contributed by atoms with E-state index >= 15 is 0 Å². The molecule has 0 aliphatic rings. The Labute approximate surface area is 504 Å². The van der Waals surface area contributed by atoms with Crippen molar-refractivity contribution in [3.05, 3.63) is 60.8 Å². The van der Waals surface area contributed by atoms with Gasteiger partial charge >= 0.3 is 17.9 Å². The SMILES string of the molecule is CC/C=C\C/C=C\C/C=C\C/C=C\C/C=C\CCCCCCCCCC(=O)OC(COC(=O)CCCCCCCC)COC(=O)CCCCCCCCCCCCCCCCCCCCCCCCCCCCCCCCCCCC. The van der Waals surface area contributed by atoms with Crippen LogP contribution in [0, 0.1) is 0 Å². The summed E-state index contributed by atoms with van der Waals surface area (Å²) in [6.45, 7) is 6.51.